The van der Waals surface area contributed by atoms with Crippen molar-refractivity contribution in [2.75, 3.05) is 0 Å². The Morgan fingerprint density at radius 1 is 0.800 bits per heavy atom. The first-order valence-electron chi connectivity index (χ1n) is 7.65. The van der Waals surface area contributed by atoms with Gasteiger partial charge in [0.15, 0.2) is 0 Å². The molecule has 0 saturated heterocycles. The molecule has 2 nitrogen and oxygen atoms in total. The molecular weight excluding hydrogens is 373 g/mol. The van der Waals surface area contributed by atoms with E-state index in [1.807, 2.05) is 66.7 Å². The van der Waals surface area contributed by atoms with Gasteiger partial charge in [-0.1, -0.05) is 65.3 Å². The fraction of sp³-hybridized carbons (Fsp3) is 0.0500. The van der Waals surface area contributed by atoms with E-state index in [-0.39, 0.29) is 11.3 Å². The molecule has 0 aliphatic rings. The summed E-state index contributed by atoms with van der Waals surface area (Å²) in [5, 5.41) is 4.18. The molecular formula is C20H15Cl2NOS. The number of nitrogens with one attached hydrogen (secondary N) is 1. The molecule has 126 valence electrons. The summed E-state index contributed by atoms with van der Waals surface area (Å²) < 4.78 is 0. The highest BCUT2D eigenvalue weighted by Crippen LogP contribution is 2.34. The van der Waals surface area contributed by atoms with Crippen LogP contribution in [0, 0.1) is 0 Å². The minimum atomic E-state index is -0.244. The highest BCUT2D eigenvalue weighted by molar-refractivity contribution is 7.99. The van der Waals surface area contributed by atoms with Crippen molar-refractivity contribution in [3.05, 3.63) is 100 Å². The van der Waals surface area contributed by atoms with Crippen LogP contribution in [0.2, 0.25) is 10.0 Å². The third kappa shape index (κ3) is 5.02. The van der Waals surface area contributed by atoms with Crippen molar-refractivity contribution >= 4 is 40.9 Å². The maximum Gasteiger partial charge on any atom is 0.252 e. The molecule has 3 rings (SSSR count). The molecule has 3 aromatic rings. The minimum absolute atomic E-state index is 0.123. The molecule has 1 N–H and O–H groups in total. The molecule has 3 aromatic carbocycles. The molecule has 1 unspecified atom stereocenters. The minimum Gasteiger partial charge on any atom is -0.336 e. The summed E-state index contributed by atoms with van der Waals surface area (Å²) >= 11 is 13.5. The van der Waals surface area contributed by atoms with Crippen LogP contribution in [0.5, 0.6) is 0 Å². The van der Waals surface area contributed by atoms with Crippen LogP contribution >= 0.6 is 35.0 Å². The van der Waals surface area contributed by atoms with Crippen LogP contribution in [0.15, 0.2) is 83.8 Å². The lowest BCUT2D eigenvalue weighted by atomic mass is 10.2. The highest BCUT2D eigenvalue weighted by Gasteiger charge is 2.17. The predicted octanol–water partition coefficient (Wildman–Crippen LogP) is 6.21. The van der Waals surface area contributed by atoms with Crippen molar-refractivity contribution in [3.63, 3.8) is 0 Å². The second kappa shape index (κ2) is 8.43. The first-order valence-corrected chi connectivity index (χ1v) is 9.29. The van der Waals surface area contributed by atoms with Crippen LogP contribution in [0.4, 0.5) is 0 Å². The van der Waals surface area contributed by atoms with Crippen molar-refractivity contribution in [1.29, 1.82) is 0 Å². The molecule has 0 heterocycles. The van der Waals surface area contributed by atoms with E-state index in [9.17, 15) is 4.79 Å². The number of hydrogen-bond donors (Lipinski definition) is 1. The zero-order chi connectivity index (χ0) is 17.6. The molecule has 0 bridgehead atoms. The van der Waals surface area contributed by atoms with Crippen molar-refractivity contribution in [3.8, 4) is 0 Å². The summed E-state index contributed by atoms with van der Waals surface area (Å²) in [4.78, 5) is 13.6. The maximum atomic E-state index is 12.6. The lowest BCUT2D eigenvalue weighted by molar-refractivity contribution is 0.0949. The van der Waals surface area contributed by atoms with Crippen molar-refractivity contribution < 1.29 is 4.79 Å². The van der Waals surface area contributed by atoms with E-state index >= 15 is 0 Å². The number of amides is 1. The van der Waals surface area contributed by atoms with E-state index in [1.165, 1.54) is 0 Å². The lowest BCUT2D eigenvalue weighted by Gasteiger charge is -2.19. The average Bonchev–Trinajstić information content (AvgIpc) is 2.64. The van der Waals surface area contributed by atoms with E-state index in [4.69, 9.17) is 23.2 Å². The van der Waals surface area contributed by atoms with E-state index in [0.717, 1.165) is 10.5 Å². The van der Waals surface area contributed by atoms with Gasteiger partial charge in [-0.05, 0) is 54.1 Å². The molecule has 0 aromatic heterocycles. The van der Waals surface area contributed by atoms with Crippen molar-refractivity contribution in [2.24, 2.45) is 0 Å². The van der Waals surface area contributed by atoms with Gasteiger partial charge in [0.2, 0.25) is 0 Å². The van der Waals surface area contributed by atoms with Gasteiger partial charge < -0.3 is 5.32 Å². The fourth-order valence-corrected chi connectivity index (χ4v) is 3.54. The van der Waals surface area contributed by atoms with Crippen molar-refractivity contribution in [2.45, 2.75) is 10.3 Å². The second-order valence-corrected chi connectivity index (χ2v) is 7.39. The summed E-state index contributed by atoms with van der Waals surface area (Å²) in [6, 6.07) is 24.2. The summed E-state index contributed by atoms with van der Waals surface area (Å²) in [5.74, 6) is -0.123. The third-order valence-corrected chi connectivity index (χ3v) is 5.21. The molecule has 1 atom stereocenters. The summed E-state index contributed by atoms with van der Waals surface area (Å²) in [6.07, 6.45) is 0. The molecule has 0 fully saturated rings. The topological polar surface area (TPSA) is 29.1 Å². The fourth-order valence-electron chi connectivity index (χ4n) is 2.26. The number of hydrogen-bond acceptors (Lipinski definition) is 2. The van der Waals surface area contributed by atoms with Crippen LogP contribution in [-0.4, -0.2) is 5.91 Å². The number of carbonyl (C=O) groups excluding carboxylic acids is 1. The number of halogens is 2. The Morgan fingerprint density at radius 3 is 1.96 bits per heavy atom. The Kier molecular flexibility index (Phi) is 6.03. The molecule has 25 heavy (non-hydrogen) atoms. The Labute approximate surface area is 161 Å². The maximum absolute atomic E-state index is 12.6. The number of thioether (sulfide) groups is 1. The Balaban J connectivity index is 1.84. The number of benzene rings is 3. The summed E-state index contributed by atoms with van der Waals surface area (Å²) in [7, 11) is 0. The van der Waals surface area contributed by atoms with Crippen LogP contribution in [0.1, 0.15) is 21.3 Å². The normalized spacial score (nSPS) is 11.8. The van der Waals surface area contributed by atoms with Gasteiger partial charge in [0.25, 0.3) is 5.91 Å². The largest absolute Gasteiger partial charge is 0.336 e. The molecule has 0 radical (unpaired) electrons. The highest BCUT2D eigenvalue weighted by atomic mass is 35.5. The quantitative estimate of drug-likeness (QED) is 0.416. The van der Waals surface area contributed by atoms with E-state index < -0.39 is 0 Å². The molecule has 0 aliphatic carbocycles. The van der Waals surface area contributed by atoms with Gasteiger partial charge >= 0.3 is 0 Å². The van der Waals surface area contributed by atoms with Gasteiger partial charge in [0, 0.05) is 20.5 Å². The number of carbonyl (C=O) groups is 1. The number of rotatable bonds is 5. The first-order chi connectivity index (χ1) is 12.1. The average molecular weight is 388 g/mol. The Morgan fingerprint density at radius 2 is 1.36 bits per heavy atom. The Hall–Kier alpha value is -1.94. The van der Waals surface area contributed by atoms with Crippen molar-refractivity contribution in [1.82, 2.24) is 5.32 Å². The smallest absolute Gasteiger partial charge is 0.252 e. The molecule has 1 amide bonds. The van der Waals surface area contributed by atoms with E-state index in [2.05, 4.69) is 5.32 Å². The SMILES string of the molecule is O=C(NC(Sc1ccc(Cl)cc1)c1ccc(Cl)cc1)c1ccccc1. The van der Waals surface area contributed by atoms with Gasteiger partial charge in [-0.3, -0.25) is 4.79 Å². The van der Waals surface area contributed by atoms with Gasteiger partial charge in [0.05, 0.1) is 0 Å². The molecule has 0 aliphatic heterocycles. The second-order valence-electron chi connectivity index (χ2n) is 5.34. The Bertz CT molecular complexity index is 836. The van der Waals surface area contributed by atoms with Gasteiger partial charge in [-0.25, -0.2) is 0 Å². The standard InChI is InChI=1S/C20H15Cl2NOS/c21-16-8-6-15(7-9-16)20(25-18-12-10-17(22)11-13-18)23-19(24)14-4-2-1-3-5-14/h1-13,20H,(H,23,24). The van der Waals surface area contributed by atoms with Crippen LogP contribution < -0.4 is 5.32 Å². The van der Waals surface area contributed by atoms with Crippen LogP contribution in [0.3, 0.4) is 0 Å². The van der Waals surface area contributed by atoms with Gasteiger partial charge in [-0.2, -0.15) is 0 Å². The summed E-state index contributed by atoms with van der Waals surface area (Å²) in [6.45, 7) is 0. The van der Waals surface area contributed by atoms with Gasteiger partial charge in [-0.15, -0.1) is 0 Å². The molecule has 5 heteroatoms. The monoisotopic (exact) mass is 387 g/mol. The van der Waals surface area contributed by atoms with E-state index in [1.54, 1.807) is 23.9 Å². The molecule has 0 spiro atoms. The van der Waals surface area contributed by atoms with E-state index in [0.29, 0.717) is 15.6 Å². The zero-order valence-electron chi connectivity index (χ0n) is 13.2. The van der Waals surface area contributed by atoms with Gasteiger partial charge in [0.1, 0.15) is 5.37 Å². The van der Waals surface area contributed by atoms with Crippen LogP contribution in [0.25, 0.3) is 0 Å². The molecule has 0 saturated carbocycles. The third-order valence-electron chi connectivity index (χ3n) is 3.54. The lowest BCUT2D eigenvalue weighted by Crippen LogP contribution is -2.26. The summed E-state index contributed by atoms with van der Waals surface area (Å²) in [5.41, 5.74) is 1.59. The van der Waals surface area contributed by atoms with Crippen LogP contribution in [-0.2, 0) is 0 Å². The first kappa shape index (κ1) is 17.9. The predicted molar refractivity (Wildman–Crippen MR) is 105 cm³/mol. The zero-order valence-corrected chi connectivity index (χ0v) is 15.5.